The van der Waals surface area contributed by atoms with Crippen LogP contribution in [0.2, 0.25) is 0 Å². The summed E-state index contributed by atoms with van der Waals surface area (Å²) < 4.78 is 3.93. The fourth-order valence-corrected chi connectivity index (χ4v) is 1.76. The lowest BCUT2D eigenvalue weighted by atomic mass is 10.4. The van der Waals surface area contributed by atoms with Crippen molar-refractivity contribution in [3.05, 3.63) is 34.9 Å². The molecule has 0 N–H and O–H groups in total. The number of nitrogens with zero attached hydrogens (tertiary/aromatic N) is 4. The number of rotatable bonds is 2. The standard InChI is InChI=1S/C11H16N4.CH4/c1-8-5-10(3)14(12-8)7-15-11(4)6-9(2)13-15;/h5-6H,7H2,1-4H3;1H4. The summed E-state index contributed by atoms with van der Waals surface area (Å²) in [4.78, 5) is 0. The van der Waals surface area contributed by atoms with Gasteiger partial charge in [-0.25, -0.2) is 9.36 Å². The van der Waals surface area contributed by atoms with Gasteiger partial charge < -0.3 is 0 Å². The maximum absolute atomic E-state index is 4.41. The predicted molar refractivity (Wildman–Crippen MR) is 65.5 cm³/mol. The van der Waals surface area contributed by atoms with Gasteiger partial charge in [-0.1, -0.05) is 7.43 Å². The van der Waals surface area contributed by atoms with Crippen LogP contribution in [0.1, 0.15) is 30.2 Å². The summed E-state index contributed by atoms with van der Waals surface area (Å²) in [5.74, 6) is 0. The Labute approximate surface area is 96.9 Å². The Hall–Kier alpha value is -1.58. The highest BCUT2D eigenvalue weighted by Gasteiger charge is 2.04. The summed E-state index contributed by atoms with van der Waals surface area (Å²) in [6.07, 6.45) is 0. The first kappa shape index (κ1) is 12.5. The Bertz CT molecular complexity index is 435. The fourth-order valence-electron chi connectivity index (χ4n) is 1.76. The molecule has 88 valence electrons. The van der Waals surface area contributed by atoms with E-state index < -0.39 is 0 Å². The maximum atomic E-state index is 4.41. The molecule has 0 aliphatic rings. The average Bonchev–Trinajstić information content (AvgIpc) is 2.58. The van der Waals surface area contributed by atoms with Crippen molar-refractivity contribution in [1.29, 1.82) is 0 Å². The fraction of sp³-hybridized carbons (Fsp3) is 0.500. The second-order valence-corrected chi connectivity index (χ2v) is 3.99. The summed E-state index contributed by atoms with van der Waals surface area (Å²) in [6.45, 7) is 8.83. The van der Waals surface area contributed by atoms with E-state index in [9.17, 15) is 0 Å². The molecule has 0 saturated heterocycles. The molecule has 0 saturated carbocycles. The zero-order valence-corrected chi connectivity index (χ0v) is 9.65. The van der Waals surface area contributed by atoms with Crippen molar-refractivity contribution >= 4 is 0 Å². The van der Waals surface area contributed by atoms with Gasteiger partial charge in [-0.05, 0) is 39.8 Å². The lowest BCUT2D eigenvalue weighted by molar-refractivity contribution is 0.480. The molecule has 2 aromatic rings. The van der Waals surface area contributed by atoms with Crippen LogP contribution in [0.25, 0.3) is 0 Å². The van der Waals surface area contributed by atoms with Gasteiger partial charge in [0.25, 0.3) is 0 Å². The number of hydrogen-bond acceptors (Lipinski definition) is 2. The molecule has 4 heteroatoms. The van der Waals surface area contributed by atoms with Crippen LogP contribution in [-0.2, 0) is 6.67 Å². The second kappa shape index (κ2) is 4.51. The molecule has 0 radical (unpaired) electrons. The highest BCUT2D eigenvalue weighted by Crippen LogP contribution is 2.05. The van der Waals surface area contributed by atoms with E-state index in [1.807, 2.05) is 23.2 Å². The Balaban J connectivity index is 0.00000128. The van der Waals surface area contributed by atoms with Gasteiger partial charge in [0.1, 0.15) is 6.67 Å². The average molecular weight is 220 g/mol. The largest absolute Gasteiger partial charge is 0.248 e. The third kappa shape index (κ3) is 2.32. The Kier molecular flexibility index (Phi) is 3.52. The van der Waals surface area contributed by atoms with Crippen LogP contribution in [-0.4, -0.2) is 19.6 Å². The van der Waals surface area contributed by atoms with Crippen LogP contribution in [0.5, 0.6) is 0 Å². The smallest absolute Gasteiger partial charge is 0.133 e. The highest BCUT2D eigenvalue weighted by atomic mass is 15.4. The quantitative estimate of drug-likeness (QED) is 0.779. The molecule has 16 heavy (non-hydrogen) atoms. The molecule has 0 aromatic carbocycles. The van der Waals surface area contributed by atoms with Gasteiger partial charge in [0, 0.05) is 11.4 Å². The molecular formula is C12H20N4. The Morgan fingerprint density at radius 1 is 0.875 bits per heavy atom. The van der Waals surface area contributed by atoms with Crippen molar-refractivity contribution in [3.8, 4) is 0 Å². The Morgan fingerprint density at radius 3 is 1.50 bits per heavy atom. The minimum Gasteiger partial charge on any atom is -0.248 e. The molecular weight excluding hydrogens is 200 g/mol. The maximum Gasteiger partial charge on any atom is 0.133 e. The molecule has 0 unspecified atom stereocenters. The van der Waals surface area contributed by atoms with Gasteiger partial charge in [0.2, 0.25) is 0 Å². The van der Waals surface area contributed by atoms with E-state index in [0.29, 0.717) is 6.67 Å². The van der Waals surface area contributed by atoms with E-state index in [-0.39, 0.29) is 7.43 Å². The van der Waals surface area contributed by atoms with Crippen LogP contribution in [0.3, 0.4) is 0 Å². The lowest BCUT2D eigenvalue weighted by Crippen LogP contribution is -2.13. The first-order chi connectivity index (χ1) is 7.06. The van der Waals surface area contributed by atoms with Crippen LogP contribution in [0, 0.1) is 27.7 Å². The summed E-state index contributed by atoms with van der Waals surface area (Å²) in [7, 11) is 0. The molecule has 0 atom stereocenters. The number of aryl methyl sites for hydroxylation is 4. The third-order valence-electron chi connectivity index (χ3n) is 2.47. The topological polar surface area (TPSA) is 35.6 Å². The van der Waals surface area contributed by atoms with E-state index >= 15 is 0 Å². The predicted octanol–water partition coefficient (Wildman–Crippen LogP) is 2.46. The zero-order chi connectivity index (χ0) is 11.0. The van der Waals surface area contributed by atoms with Crippen molar-refractivity contribution in [2.24, 2.45) is 0 Å². The van der Waals surface area contributed by atoms with Crippen molar-refractivity contribution in [2.75, 3.05) is 0 Å². The summed E-state index contributed by atoms with van der Waals surface area (Å²) in [5, 5.41) is 8.82. The van der Waals surface area contributed by atoms with Crippen LogP contribution >= 0.6 is 0 Å². The van der Waals surface area contributed by atoms with Crippen LogP contribution in [0.4, 0.5) is 0 Å². The molecule has 2 aromatic heterocycles. The van der Waals surface area contributed by atoms with E-state index in [0.717, 1.165) is 11.4 Å². The molecule has 0 aliphatic carbocycles. The molecule has 0 amide bonds. The minimum absolute atomic E-state index is 0. The summed E-state index contributed by atoms with van der Waals surface area (Å²) in [5.41, 5.74) is 4.43. The van der Waals surface area contributed by atoms with Crippen molar-refractivity contribution in [3.63, 3.8) is 0 Å². The zero-order valence-electron chi connectivity index (χ0n) is 9.65. The van der Waals surface area contributed by atoms with Gasteiger partial charge in [-0.3, -0.25) is 0 Å². The van der Waals surface area contributed by atoms with Crippen molar-refractivity contribution < 1.29 is 0 Å². The van der Waals surface area contributed by atoms with Crippen LogP contribution < -0.4 is 0 Å². The lowest BCUT2D eigenvalue weighted by Gasteiger charge is -2.06. The van der Waals surface area contributed by atoms with Crippen LogP contribution in [0.15, 0.2) is 12.1 Å². The van der Waals surface area contributed by atoms with Crippen molar-refractivity contribution in [2.45, 2.75) is 41.8 Å². The second-order valence-electron chi connectivity index (χ2n) is 3.99. The first-order valence-corrected chi connectivity index (χ1v) is 5.08. The SMILES string of the molecule is C.Cc1cc(C)n(Cn2nc(C)cc2C)n1. The molecule has 2 rings (SSSR count). The van der Waals surface area contributed by atoms with E-state index in [1.54, 1.807) is 0 Å². The van der Waals surface area contributed by atoms with Gasteiger partial charge >= 0.3 is 0 Å². The van der Waals surface area contributed by atoms with E-state index in [1.165, 1.54) is 11.4 Å². The molecule has 0 bridgehead atoms. The molecule has 0 aliphatic heterocycles. The van der Waals surface area contributed by atoms with Gasteiger partial charge in [-0.2, -0.15) is 10.2 Å². The summed E-state index contributed by atoms with van der Waals surface area (Å²) in [6, 6.07) is 4.15. The minimum atomic E-state index is 0. The molecule has 2 heterocycles. The van der Waals surface area contributed by atoms with Gasteiger partial charge in [-0.15, -0.1) is 0 Å². The third-order valence-corrected chi connectivity index (χ3v) is 2.47. The monoisotopic (exact) mass is 220 g/mol. The highest BCUT2D eigenvalue weighted by molar-refractivity contribution is 5.09. The number of hydrogen-bond donors (Lipinski definition) is 0. The molecule has 0 spiro atoms. The van der Waals surface area contributed by atoms with Gasteiger partial charge in [0.15, 0.2) is 0 Å². The molecule has 4 nitrogen and oxygen atoms in total. The normalized spacial score (nSPS) is 10.2. The van der Waals surface area contributed by atoms with Crippen molar-refractivity contribution in [1.82, 2.24) is 19.6 Å². The molecule has 0 fully saturated rings. The number of aromatic nitrogens is 4. The van der Waals surface area contributed by atoms with E-state index in [4.69, 9.17) is 0 Å². The van der Waals surface area contributed by atoms with E-state index in [2.05, 4.69) is 36.2 Å². The Morgan fingerprint density at radius 2 is 1.25 bits per heavy atom. The van der Waals surface area contributed by atoms with Gasteiger partial charge in [0.05, 0.1) is 11.4 Å². The first-order valence-electron chi connectivity index (χ1n) is 5.08. The summed E-state index contributed by atoms with van der Waals surface area (Å²) >= 11 is 0.